The lowest BCUT2D eigenvalue weighted by atomic mass is 9.96. The third-order valence-corrected chi connectivity index (χ3v) is 7.56. The van der Waals surface area contributed by atoms with Gasteiger partial charge in [0.05, 0.1) is 47.2 Å². The zero-order valence-corrected chi connectivity index (χ0v) is 24.7. The van der Waals surface area contributed by atoms with Crippen LogP contribution < -0.4 is 19.6 Å². The van der Waals surface area contributed by atoms with E-state index in [-0.39, 0.29) is 18.3 Å². The smallest absolute Gasteiger partial charge is 0.338 e. The van der Waals surface area contributed by atoms with Crippen LogP contribution in [0.2, 0.25) is 0 Å². The van der Waals surface area contributed by atoms with Crippen molar-refractivity contribution in [3.8, 4) is 17.1 Å². The van der Waals surface area contributed by atoms with Crippen LogP contribution in [0.25, 0.3) is 17.4 Å². The Morgan fingerprint density at radius 3 is 2.55 bits per heavy atom. The lowest BCUT2D eigenvalue weighted by Gasteiger charge is -2.25. The second-order valence-corrected chi connectivity index (χ2v) is 10.8. The van der Waals surface area contributed by atoms with Crippen molar-refractivity contribution >= 4 is 29.4 Å². The van der Waals surface area contributed by atoms with Gasteiger partial charge in [0.1, 0.15) is 17.3 Å². The maximum Gasteiger partial charge on any atom is 0.338 e. The minimum absolute atomic E-state index is 0.282. The van der Waals surface area contributed by atoms with Crippen molar-refractivity contribution in [2.45, 2.75) is 39.8 Å². The van der Waals surface area contributed by atoms with Crippen LogP contribution in [-0.2, 0) is 14.3 Å². The second kappa shape index (κ2) is 12.0. The molecule has 0 saturated heterocycles. The number of methoxy groups -OCH3 is 1. The number of hydrogen-bond donors (Lipinski definition) is 0. The Bertz CT molecular complexity index is 1860. The van der Waals surface area contributed by atoms with Gasteiger partial charge in [0, 0.05) is 11.6 Å². The minimum atomic E-state index is -0.738. The van der Waals surface area contributed by atoms with Crippen molar-refractivity contribution in [1.82, 2.24) is 4.57 Å². The molecule has 10 heteroatoms. The molecule has 4 aromatic rings. The third-order valence-electron chi connectivity index (χ3n) is 6.57. The van der Waals surface area contributed by atoms with Crippen molar-refractivity contribution < 1.29 is 28.2 Å². The van der Waals surface area contributed by atoms with Crippen molar-refractivity contribution in [2.24, 2.45) is 4.99 Å². The van der Waals surface area contributed by atoms with E-state index in [4.69, 9.17) is 18.6 Å². The Kier molecular flexibility index (Phi) is 8.26. The van der Waals surface area contributed by atoms with E-state index < -0.39 is 18.0 Å². The number of aromatic nitrogens is 1. The summed E-state index contributed by atoms with van der Waals surface area (Å²) >= 11 is 1.21. The van der Waals surface area contributed by atoms with E-state index >= 15 is 0 Å². The van der Waals surface area contributed by atoms with Crippen LogP contribution in [0.5, 0.6) is 5.75 Å². The topological polar surface area (TPSA) is 109 Å². The molecule has 1 aliphatic heterocycles. The van der Waals surface area contributed by atoms with Gasteiger partial charge < -0.3 is 18.6 Å². The summed E-state index contributed by atoms with van der Waals surface area (Å²) in [7, 11) is 1.57. The molecule has 216 valence electrons. The third kappa shape index (κ3) is 5.71. The van der Waals surface area contributed by atoms with E-state index in [2.05, 4.69) is 4.99 Å². The highest BCUT2D eigenvalue weighted by atomic mass is 32.1. The predicted molar refractivity (Wildman–Crippen MR) is 158 cm³/mol. The fourth-order valence-corrected chi connectivity index (χ4v) is 5.72. The summed E-state index contributed by atoms with van der Waals surface area (Å²) in [6.45, 7) is 7.33. The highest BCUT2D eigenvalue weighted by Gasteiger charge is 2.33. The number of carbonyl (C=O) groups excluding carboxylic acids is 2. The Morgan fingerprint density at radius 1 is 1.10 bits per heavy atom. The predicted octanol–water partition coefficient (Wildman–Crippen LogP) is 4.63. The molecule has 5 rings (SSSR count). The van der Waals surface area contributed by atoms with Crippen LogP contribution in [-0.4, -0.2) is 36.3 Å². The summed E-state index contributed by atoms with van der Waals surface area (Å²) in [4.78, 5) is 44.4. The molecule has 9 nitrogen and oxygen atoms in total. The quantitative estimate of drug-likeness (QED) is 0.277. The molecule has 0 N–H and O–H groups in total. The largest absolute Gasteiger partial charge is 0.497 e. The number of thiazole rings is 1. The fraction of sp³-hybridized carbons (Fsp3) is 0.250. The van der Waals surface area contributed by atoms with E-state index in [0.717, 1.165) is 5.56 Å². The number of allylic oxidation sites excluding steroid dienone is 1. The Balaban J connectivity index is 1.57. The molecule has 1 aliphatic rings. The molecule has 3 heterocycles. The Hall–Kier alpha value is -4.70. The van der Waals surface area contributed by atoms with Crippen LogP contribution in [0, 0.1) is 0 Å². The molecule has 0 fully saturated rings. The van der Waals surface area contributed by atoms with Crippen molar-refractivity contribution in [3.05, 3.63) is 109 Å². The van der Waals surface area contributed by atoms with Crippen molar-refractivity contribution in [2.75, 3.05) is 13.7 Å². The first kappa shape index (κ1) is 28.8. The fourth-order valence-electron chi connectivity index (χ4n) is 4.69. The van der Waals surface area contributed by atoms with Gasteiger partial charge in [-0.3, -0.25) is 9.36 Å². The number of rotatable bonds is 8. The van der Waals surface area contributed by atoms with Gasteiger partial charge in [0.25, 0.3) is 5.56 Å². The van der Waals surface area contributed by atoms with Crippen LogP contribution in [0.4, 0.5) is 0 Å². The van der Waals surface area contributed by atoms with Gasteiger partial charge in [-0.05, 0) is 69.7 Å². The van der Waals surface area contributed by atoms with Gasteiger partial charge in [-0.1, -0.05) is 35.6 Å². The van der Waals surface area contributed by atoms with Crippen LogP contribution in [0.1, 0.15) is 55.4 Å². The maximum absolute atomic E-state index is 13.9. The zero-order chi connectivity index (χ0) is 30.0. The highest BCUT2D eigenvalue weighted by Crippen LogP contribution is 2.32. The molecule has 0 radical (unpaired) electrons. The molecular formula is C32H30N2O7S. The number of furan rings is 1. The molecule has 0 amide bonds. The standard InChI is InChI=1S/C32H30N2O7S/c1-6-39-30(36)22-9-7-8-21(16-22)25-15-14-24(41-25)17-26-29(35)34-28(20-10-12-23(38-5)13-11-20)27(31(37)40-18(2)3)19(4)33-32(34)42-26/h7-18,28H,6H2,1-5H3/b26-17-. The number of fused-ring (bicyclic) bond motifs is 1. The van der Waals surface area contributed by atoms with Gasteiger partial charge in [-0.15, -0.1) is 0 Å². The molecule has 1 atom stereocenters. The summed E-state index contributed by atoms with van der Waals surface area (Å²) in [5, 5.41) is 0. The van der Waals surface area contributed by atoms with Gasteiger partial charge >= 0.3 is 11.9 Å². The first-order chi connectivity index (χ1) is 20.2. The number of ether oxygens (including phenoxy) is 3. The molecule has 2 aromatic heterocycles. The van der Waals surface area contributed by atoms with E-state index in [1.54, 1.807) is 83.3 Å². The number of esters is 2. The molecule has 1 unspecified atom stereocenters. The van der Waals surface area contributed by atoms with Crippen LogP contribution in [0.15, 0.2) is 86.1 Å². The summed E-state index contributed by atoms with van der Waals surface area (Å²) in [6.07, 6.45) is 1.31. The van der Waals surface area contributed by atoms with Crippen molar-refractivity contribution in [3.63, 3.8) is 0 Å². The van der Waals surface area contributed by atoms with Crippen LogP contribution >= 0.6 is 11.3 Å². The molecule has 0 saturated carbocycles. The van der Waals surface area contributed by atoms with Gasteiger partial charge in [-0.2, -0.15) is 0 Å². The molecular weight excluding hydrogens is 556 g/mol. The van der Waals surface area contributed by atoms with Crippen molar-refractivity contribution in [1.29, 1.82) is 0 Å². The van der Waals surface area contributed by atoms with Gasteiger partial charge in [0.2, 0.25) is 0 Å². The highest BCUT2D eigenvalue weighted by molar-refractivity contribution is 7.07. The summed E-state index contributed by atoms with van der Waals surface area (Å²) in [5.41, 5.74) is 2.30. The molecule has 0 spiro atoms. The van der Waals surface area contributed by atoms with E-state index in [9.17, 15) is 14.4 Å². The summed E-state index contributed by atoms with van der Waals surface area (Å²) < 4.78 is 23.9. The number of carbonyl (C=O) groups is 2. The average Bonchev–Trinajstić information content (AvgIpc) is 3.56. The lowest BCUT2D eigenvalue weighted by Crippen LogP contribution is -2.40. The van der Waals surface area contributed by atoms with Gasteiger partial charge in [-0.25, -0.2) is 14.6 Å². The molecule has 0 aliphatic carbocycles. The Morgan fingerprint density at radius 2 is 1.86 bits per heavy atom. The maximum atomic E-state index is 13.9. The molecule has 42 heavy (non-hydrogen) atoms. The lowest BCUT2D eigenvalue weighted by molar-refractivity contribution is -0.143. The summed E-state index contributed by atoms with van der Waals surface area (Å²) in [6, 6.07) is 17.0. The number of nitrogens with zero attached hydrogens (tertiary/aromatic N) is 2. The SMILES string of the molecule is CCOC(=O)c1cccc(-c2ccc(/C=c3\sc4n(c3=O)C(c3ccc(OC)cc3)C(C(=O)OC(C)C)=C(C)N=4)o2)c1. The second-order valence-electron chi connectivity index (χ2n) is 9.81. The summed E-state index contributed by atoms with van der Waals surface area (Å²) in [5.74, 6) is 0.700. The molecule has 2 aromatic carbocycles. The monoisotopic (exact) mass is 586 g/mol. The normalized spacial score (nSPS) is 14.9. The van der Waals surface area contributed by atoms with E-state index in [1.807, 2.05) is 18.2 Å². The first-order valence-electron chi connectivity index (χ1n) is 13.4. The van der Waals surface area contributed by atoms with Crippen LogP contribution in [0.3, 0.4) is 0 Å². The molecule has 0 bridgehead atoms. The van der Waals surface area contributed by atoms with Gasteiger partial charge in [0.15, 0.2) is 4.80 Å². The first-order valence-corrected chi connectivity index (χ1v) is 14.3. The Labute approximate surface area is 246 Å². The number of hydrogen-bond acceptors (Lipinski definition) is 9. The number of benzene rings is 2. The van der Waals surface area contributed by atoms with E-state index in [0.29, 0.717) is 49.0 Å². The average molecular weight is 587 g/mol. The zero-order valence-electron chi connectivity index (χ0n) is 23.9. The minimum Gasteiger partial charge on any atom is -0.497 e. The van der Waals surface area contributed by atoms with E-state index in [1.165, 1.54) is 15.9 Å².